The van der Waals surface area contributed by atoms with Crippen molar-refractivity contribution in [3.8, 4) is 5.75 Å². The van der Waals surface area contributed by atoms with Gasteiger partial charge in [-0.1, -0.05) is 54.4 Å². The highest BCUT2D eigenvalue weighted by Crippen LogP contribution is 2.38. The van der Waals surface area contributed by atoms with Crippen LogP contribution in [0.3, 0.4) is 0 Å². The van der Waals surface area contributed by atoms with E-state index < -0.39 is 0 Å². The standard InChI is InChI=1S/C16H23BrO2/c1-10-6-7-13(11(8-10)16(2,3)4)19-14-9-12(17)15(14)18-5/h6-8,12,14-15H,9H2,1-5H3. The Bertz CT molecular complexity index is 451. The van der Waals surface area contributed by atoms with Crippen LogP contribution in [0, 0.1) is 6.92 Å². The van der Waals surface area contributed by atoms with E-state index >= 15 is 0 Å². The second-order valence-corrected chi connectivity index (χ2v) is 7.53. The van der Waals surface area contributed by atoms with Crippen LogP contribution in [-0.4, -0.2) is 24.1 Å². The predicted molar refractivity (Wildman–Crippen MR) is 82.4 cm³/mol. The van der Waals surface area contributed by atoms with Gasteiger partial charge < -0.3 is 9.47 Å². The zero-order valence-corrected chi connectivity index (χ0v) is 14.0. The van der Waals surface area contributed by atoms with E-state index in [-0.39, 0.29) is 17.6 Å². The summed E-state index contributed by atoms with van der Waals surface area (Å²) in [5.41, 5.74) is 2.62. The molecule has 3 atom stereocenters. The van der Waals surface area contributed by atoms with Gasteiger partial charge in [0.15, 0.2) is 0 Å². The molecule has 2 rings (SSSR count). The number of ether oxygens (including phenoxy) is 2. The lowest BCUT2D eigenvalue weighted by atomic mass is 9.85. The molecule has 0 N–H and O–H groups in total. The lowest BCUT2D eigenvalue weighted by Gasteiger charge is -2.41. The van der Waals surface area contributed by atoms with E-state index in [0.717, 1.165) is 12.2 Å². The third-order valence-corrected chi connectivity index (χ3v) is 4.57. The minimum atomic E-state index is 0.0848. The molecule has 0 aliphatic heterocycles. The number of hydrogen-bond donors (Lipinski definition) is 0. The topological polar surface area (TPSA) is 18.5 Å². The van der Waals surface area contributed by atoms with Gasteiger partial charge in [0.05, 0.1) is 0 Å². The van der Waals surface area contributed by atoms with Crippen molar-refractivity contribution in [2.45, 2.75) is 56.6 Å². The maximum atomic E-state index is 6.18. The van der Waals surface area contributed by atoms with E-state index in [4.69, 9.17) is 9.47 Å². The molecule has 0 saturated heterocycles. The Labute approximate surface area is 124 Å². The van der Waals surface area contributed by atoms with E-state index in [1.54, 1.807) is 7.11 Å². The molecule has 1 saturated carbocycles. The average Bonchev–Trinajstić information content (AvgIpc) is 2.29. The summed E-state index contributed by atoms with van der Waals surface area (Å²) >= 11 is 3.61. The second-order valence-electron chi connectivity index (χ2n) is 6.36. The summed E-state index contributed by atoms with van der Waals surface area (Å²) in [7, 11) is 1.74. The van der Waals surface area contributed by atoms with Gasteiger partial charge in [0, 0.05) is 18.4 Å². The lowest BCUT2D eigenvalue weighted by molar-refractivity contribution is -0.0550. The van der Waals surface area contributed by atoms with Crippen LogP contribution in [0.15, 0.2) is 18.2 Å². The molecule has 1 fully saturated rings. The maximum Gasteiger partial charge on any atom is 0.127 e. The van der Waals surface area contributed by atoms with E-state index in [9.17, 15) is 0 Å². The summed E-state index contributed by atoms with van der Waals surface area (Å²) in [5.74, 6) is 0.990. The summed E-state index contributed by atoms with van der Waals surface area (Å²) in [6.07, 6.45) is 1.29. The molecule has 1 aliphatic carbocycles. The summed E-state index contributed by atoms with van der Waals surface area (Å²) in [5, 5.41) is 0. The molecule has 0 bridgehead atoms. The number of methoxy groups -OCH3 is 1. The Morgan fingerprint density at radius 1 is 1.26 bits per heavy atom. The van der Waals surface area contributed by atoms with Crippen molar-refractivity contribution in [3.63, 3.8) is 0 Å². The first kappa shape index (κ1) is 14.9. The van der Waals surface area contributed by atoms with E-state index in [2.05, 4.69) is 61.8 Å². The normalized spacial score (nSPS) is 26.9. The minimum Gasteiger partial charge on any atom is -0.487 e. The molecule has 0 aromatic heterocycles. The van der Waals surface area contributed by atoms with E-state index in [1.807, 2.05) is 0 Å². The first-order valence-corrected chi connectivity index (χ1v) is 7.69. The molecule has 0 radical (unpaired) electrons. The van der Waals surface area contributed by atoms with Crippen LogP contribution in [0.4, 0.5) is 0 Å². The van der Waals surface area contributed by atoms with Gasteiger partial charge in [-0.25, -0.2) is 0 Å². The molecule has 0 heterocycles. The molecule has 1 aromatic rings. The van der Waals surface area contributed by atoms with E-state index in [1.165, 1.54) is 11.1 Å². The fourth-order valence-corrected chi connectivity index (χ4v) is 3.36. The third-order valence-electron chi connectivity index (χ3n) is 3.67. The van der Waals surface area contributed by atoms with Crippen molar-refractivity contribution < 1.29 is 9.47 Å². The largest absolute Gasteiger partial charge is 0.487 e. The predicted octanol–water partition coefficient (Wildman–Crippen LogP) is 4.22. The molecular weight excluding hydrogens is 304 g/mol. The first-order chi connectivity index (χ1) is 8.82. The Balaban J connectivity index is 2.21. The summed E-state index contributed by atoms with van der Waals surface area (Å²) in [4.78, 5) is 0.408. The smallest absolute Gasteiger partial charge is 0.127 e. The van der Waals surface area contributed by atoms with Crippen LogP contribution >= 0.6 is 15.9 Å². The number of benzene rings is 1. The summed E-state index contributed by atoms with van der Waals surface area (Å²) < 4.78 is 11.6. The number of halogens is 1. The highest BCUT2D eigenvalue weighted by molar-refractivity contribution is 9.09. The van der Waals surface area contributed by atoms with Crippen molar-refractivity contribution >= 4 is 15.9 Å². The zero-order valence-electron chi connectivity index (χ0n) is 12.4. The molecule has 1 aliphatic rings. The lowest BCUT2D eigenvalue weighted by Crippen LogP contribution is -2.52. The average molecular weight is 327 g/mol. The second kappa shape index (κ2) is 5.45. The van der Waals surface area contributed by atoms with Gasteiger partial charge in [-0.2, -0.15) is 0 Å². The van der Waals surface area contributed by atoms with Crippen LogP contribution in [-0.2, 0) is 10.2 Å². The number of aryl methyl sites for hydroxylation is 1. The highest BCUT2D eigenvalue weighted by Gasteiger charge is 2.42. The molecule has 1 aromatic carbocycles. The van der Waals surface area contributed by atoms with Gasteiger partial charge >= 0.3 is 0 Å². The van der Waals surface area contributed by atoms with Crippen molar-refractivity contribution in [2.75, 3.05) is 7.11 Å². The maximum absolute atomic E-state index is 6.18. The minimum absolute atomic E-state index is 0.0848. The Kier molecular flexibility index (Phi) is 4.26. The van der Waals surface area contributed by atoms with Crippen molar-refractivity contribution in [3.05, 3.63) is 29.3 Å². The van der Waals surface area contributed by atoms with E-state index in [0.29, 0.717) is 4.83 Å². The Morgan fingerprint density at radius 2 is 1.95 bits per heavy atom. The Hall–Kier alpha value is -0.540. The van der Waals surface area contributed by atoms with Gasteiger partial charge in [-0.05, 0) is 24.0 Å². The van der Waals surface area contributed by atoms with Crippen LogP contribution in [0.1, 0.15) is 38.3 Å². The zero-order chi connectivity index (χ0) is 14.2. The monoisotopic (exact) mass is 326 g/mol. The molecule has 3 unspecified atom stereocenters. The van der Waals surface area contributed by atoms with Gasteiger partial charge in [0.2, 0.25) is 0 Å². The molecule has 2 nitrogen and oxygen atoms in total. The molecule has 3 heteroatoms. The fraction of sp³-hybridized carbons (Fsp3) is 0.625. The molecular formula is C16H23BrO2. The summed E-state index contributed by atoms with van der Waals surface area (Å²) in [6.45, 7) is 8.78. The number of rotatable bonds is 3. The van der Waals surface area contributed by atoms with Crippen LogP contribution in [0.25, 0.3) is 0 Å². The summed E-state index contributed by atoms with van der Waals surface area (Å²) in [6, 6.07) is 6.42. The number of alkyl halides is 1. The molecule has 106 valence electrons. The highest BCUT2D eigenvalue weighted by atomic mass is 79.9. The molecule has 0 amide bonds. The van der Waals surface area contributed by atoms with Gasteiger partial charge in [-0.15, -0.1) is 0 Å². The quantitative estimate of drug-likeness (QED) is 0.774. The third kappa shape index (κ3) is 3.14. The van der Waals surface area contributed by atoms with Gasteiger partial charge in [0.1, 0.15) is 18.0 Å². The van der Waals surface area contributed by atoms with Crippen molar-refractivity contribution in [1.82, 2.24) is 0 Å². The fourth-order valence-electron chi connectivity index (χ4n) is 2.44. The van der Waals surface area contributed by atoms with Gasteiger partial charge in [-0.3, -0.25) is 0 Å². The van der Waals surface area contributed by atoms with Crippen molar-refractivity contribution in [1.29, 1.82) is 0 Å². The van der Waals surface area contributed by atoms with Crippen molar-refractivity contribution in [2.24, 2.45) is 0 Å². The molecule has 19 heavy (non-hydrogen) atoms. The van der Waals surface area contributed by atoms with Crippen LogP contribution in [0.2, 0.25) is 0 Å². The van der Waals surface area contributed by atoms with Crippen LogP contribution in [0.5, 0.6) is 5.75 Å². The Morgan fingerprint density at radius 3 is 2.47 bits per heavy atom. The SMILES string of the molecule is COC1C(Br)CC1Oc1ccc(C)cc1C(C)(C)C. The molecule has 0 spiro atoms. The van der Waals surface area contributed by atoms with Gasteiger partial charge in [0.25, 0.3) is 0 Å². The first-order valence-electron chi connectivity index (χ1n) is 6.77. The number of hydrogen-bond acceptors (Lipinski definition) is 2. The van der Waals surface area contributed by atoms with Crippen LogP contribution < -0.4 is 4.74 Å².